The van der Waals surface area contributed by atoms with E-state index in [0.29, 0.717) is 5.56 Å². The van der Waals surface area contributed by atoms with Crippen molar-refractivity contribution in [3.8, 4) is 0 Å². The molecule has 0 bridgehead atoms. The molecule has 0 radical (unpaired) electrons. The number of rotatable bonds is 8. The molecule has 0 unspecified atom stereocenters. The molecule has 0 aliphatic heterocycles. The van der Waals surface area contributed by atoms with E-state index in [1.165, 1.54) is 6.07 Å². The highest BCUT2D eigenvalue weighted by atomic mass is 32.2. The third-order valence-electron chi connectivity index (χ3n) is 4.64. The molecule has 5 heteroatoms. The number of ether oxygens (including phenoxy) is 1. The summed E-state index contributed by atoms with van der Waals surface area (Å²) in [5.41, 5.74) is 1.51. The first kappa shape index (κ1) is 23.1. The summed E-state index contributed by atoms with van der Waals surface area (Å²) in [4.78, 5) is 13.1. The van der Waals surface area contributed by atoms with Gasteiger partial charge in [0.15, 0.2) is 0 Å². The highest BCUT2D eigenvalue weighted by molar-refractivity contribution is 7.91. The van der Waals surface area contributed by atoms with E-state index >= 15 is 0 Å². The second-order valence-corrected chi connectivity index (χ2v) is 10.4. The maximum absolute atomic E-state index is 13.1. The van der Waals surface area contributed by atoms with Gasteiger partial charge >= 0.3 is 5.97 Å². The zero-order valence-electron chi connectivity index (χ0n) is 18.1. The fourth-order valence-corrected chi connectivity index (χ4v) is 4.35. The molecule has 2 aromatic rings. The van der Waals surface area contributed by atoms with E-state index in [1.807, 2.05) is 6.92 Å². The number of carbonyl (C=O) groups is 1. The smallest absolute Gasteiger partial charge is 0.338 e. The first-order valence-electron chi connectivity index (χ1n) is 10.2. The van der Waals surface area contributed by atoms with Crippen LogP contribution in [-0.4, -0.2) is 20.0 Å². The molecular weight excluding hydrogens is 384 g/mol. The first-order chi connectivity index (χ1) is 13.5. The van der Waals surface area contributed by atoms with Gasteiger partial charge in [0.25, 0.3) is 0 Å². The van der Waals surface area contributed by atoms with E-state index in [4.69, 9.17) is 4.74 Å². The van der Waals surface area contributed by atoms with E-state index in [0.717, 1.165) is 43.2 Å². The minimum absolute atomic E-state index is 0.111. The molecule has 29 heavy (non-hydrogen) atoms. The van der Waals surface area contributed by atoms with Crippen LogP contribution in [0.3, 0.4) is 0 Å². The standard InChI is InChI=1S/C24H32O4S/c1-6-7-8-9-10-19-13-16-21(17-22(19)23(25)28-24(3,4)5)29(26,27)20-14-11-18(2)12-15-20/h11-17H,6-10H2,1-5H3. The molecule has 0 saturated carbocycles. The van der Waals surface area contributed by atoms with Gasteiger partial charge in [-0.05, 0) is 70.4 Å². The second kappa shape index (κ2) is 9.57. The molecule has 0 aliphatic rings. The van der Waals surface area contributed by atoms with Crippen molar-refractivity contribution in [2.75, 3.05) is 0 Å². The molecule has 0 aromatic heterocycles. The highest BCUT2D eigenvalue weighted by Gasteiger charge is 2.24. The summed E-state index contributed by atoms with van der Waals surface area (Å²) in [6.07, 6.45) is 5.02. The first-order valence-corrected chi connectivity index (χ1v) is 11.7. The molecule has 0 amide bonds. The summed E-state index contributed by atoms with van der Waals surface area (Å²) in [6, 6.07) is 11.5. The number of carbonyl (C=O) groups excluding carboxylic acids is 1. The van der Waals surface area contributed by atoms with Gasteiger partial charge in [-0.3, -0.25) is 0 Å². The molecule has 0 heterocycles. The summed E-state index contributed by atoms with van der Waals surface area (Å²) in [7, 11) is -3.71. The maximum Gasteiger partial charge on any atom is 0.338 e. The molecule has 2 rings (SSSR count). The van der Waals surface area contributed by atoms with Crippen molar-refractivity contribution < 1.29 is 17.9 Å². The van der Waals surface area contributed by atoms with Crippen molar-refractivity contribution in [3.63, 3.8) is 0 Å². The number of sulfone groups is 1. The number of esters is 1. The fourth-order valence-electron chi connectivity index (χ4n) is 3.06. The average molecular weight is 417 g/mol. The van der Waals surface area contributed by atoms with Gasteiger partial charge in [0.1, 0.15) is 5.60 Å². The SMILES string of the molecule is CCCCCCc1ccc(S(=O)(=O)c2ccc(C)cc2)cc1C(=O)OC(C)(C)C. The van der Waals surface area contributed by atoms with Gasteiger partial charge < -0.3 is 4.74 Å². The summed E-state index contributed by atoms with van der Waals surface area (Å²) in [5.74, 6) is -0.482. The molecule has 0 atom stereocenters. The summed E-state index contributed by atoms with van der Waals surface area (Å²) < 4.78 is 31.7. The van der Waals surface area contributed by atoms with Gasteiger partial charge in [0, 0.05) is 0 Å². The molecule has 4 nitrogen and oxygen atoms in total. The Morgan fingerprint density at radius 2 is 1.55 bits per heavy atom. The van der Waals surface area contributed by atoms with E-state index in [1.54, 1.807) is 57.2 Å². The van der Waals surface area contributed by atoms with Crippen molar-refractivity contribution >= 4 is 15.8 Å². The van der Waals surface area contributed by atoms with Crippen LogP contribution in [-0.2, 0) is 21.0 Å². The number of unbranched alkanes of at least 4 members (excludes halogenated alkanes) is 3. The molecule has 0 N–H and O–H groups in total. The largest absolute Gasteiger partial charge is 0.456 e. The van der Waals surface area contributed by atoms with Crippen molar-refractivity contribution in [3.05, 3.63) is 59.2 Å². The van der Waals surface area contributed by atoms with Gasteiger partial charge in [0.2, 0.25) is 9.84 Å². The van der Waals surface area contributed by atoms with Crippen molar-refractivity contribution in [1.29, 1.82) is 0 Å². The normalized spacial score (nSPS) is 12.0. The average Bonchev–Trinajstić information content (AvgIpc) is 2.64. The molecule has 0 spiro atoms. The Morgan fingerprint density at radius 3 is 2.14 bits per heavy atom. The predicted octanol–water partition coefficient (Wildman–Crippen LogP) is 5.91. The Labute approximate surface area is 175 Å². The minimum Gasteiger partial charge on any atom is -0.456 e. The Bertz CT molecular complexity index is 936. The van der Waals surface area contributed by atoms with Crippen LogP contribution < -0.4 is 0 Å². The second-order valence-electron chi connectivity index (χ2n) is 8.45. The van der Waals surface area contributed by atoms with E-state index < -0.39 is 21.4 Å². The van der Waals surface area contributed by atoms with Crippen LogP contribution in [0.4, 0.5) is 0 Å². The molecule has 2 aromatic carbocycles. The highest BCUT2D eigenvalue weighted by Crippen LogP contribution is 2.26. The summed E-state index contributed by atoms with van der Waals surface area (Å²) in [6.45, 7) is 9.47. The Morgan fingerprint density at radius 1 is 0.931 bits per heavy atom. The molecule has 0 fully saturated rings. The summed E-state index contributed by atoms with van der Waals surface area (Å²) >= 11 is 0. The zero-order chi connectivity index (χ0) is 21.7. The van der Waals surface area contributed by atoms with Crippen LogP contribution in [0, 0.1) is 6.92 Å². The van der Waals surface area contributed by atoms with Crippen molar-refractivity contribution in [1.82, 2.24) is 0 Å². The van der Waals surface area contributed by atoms with Crippen LogP contribution >= 0.6 is 0 Å². The third-order valence-corrected chi connectivity index (χ3v) is 6.41. The quantitative estimate of drug-likeness (QED) is 0.397. The lowest BCUT2D eigenvalue weighted by atomic mass is 10.0. The van der Waals surface area contributed by atoms with Gasteiger partial charge in [-0.2, -0.15) is 0 Å². The van der Waals surface area contributed by atoms with E-state index in [-0.39, 0.29) is 9.79 Å². The van der Waals surface area contributed by atoms with Crippen LogP contribution in [0.25, 0.3) is 0 Å². The minimum atomic E-state index is -3.71. The Balaban J connectivity index is 2.43. The number of aryl methyl sites for hydroxylation is 2. The lowest BCUT2D eigenvalue weighted by Crippen LogP contribution is -2.24. The van der Waals surface area contributed by atoms with Gasteiger partial charge in [-0.1, -0.05) is 49.9 Å². The number of hydrogen-bond acceptors (Lipinski definition) is 4. The van der Waals surface area contributed by atoms with E-state index in [9.17, 15) is 13.2 Å². The maximum atomic E-state index is 13.1. The van der Waals surface area contributed by atoms with Crippen LogP contribution in [0.2, 0.25) is 0 Å². The monoisotopic (exact) mass is 416 g/mol. The summed E-state index contributed by atoms with van der Waals surface area (Å²) in [5, 5.41) is 0. The lowest BCUT2D eigenvalue weighted by Gasteiger charge is -2.21. The molecule has 158 valence electrons. The number of hydrogen-bond donors (Lipinski definition) is 0. The molecule has 0 aliphatic carbocycles. The lowest BCUT2D eigenvalue weighted by molar-refractivity contribution is 0.00680. The number of benzene rings is 2. The van der Waals surface area contributed by atoms with Gasteiger partial charge in [0.05, 0.1) is 15.4 Å². The topological polar surface area (TPSA) is 60.4 Å². The van der Waals surface area contributed by atoms with Crippen LogP contribution in [0.5, 0.6) is 0 Å². The van der Waals surface area contributed by atoms with Crippen LogP contribution in [0.15, 0.2) is 52.3 Å². The predicted molar refractivity (Wildman–Crippen MR) is 116 cm³/mol. The van der Waals surface area contributed by atoms with Crippen molar-refractivity contribution in [2.45, 2.75) is 82.1 Å². The molecular formula is C24H32O4S. The molecule has 0 saturated heterocycles. The Kier molecular flexibility index (Phi) is 7.64. The zero-order valence-corrected chi connectivity index (χ0v) is 18.9. The van der Waals surface area contributed by atoms with Crippen LogP contribution in [0.1, 0.15) is 74.9 Å². The Hall–Kier alpha value is -2.14. The fraction of sp³-hybridized carbons (Fsp3) is 0.458. The van der Waals surface area contributed by atoms with E-state index in [2.05, 4.69) is 6.92 Å². The van der Waals surface area contributed by atoms with Crippen molar-refractivity contribution in [2.24, 2.45) is 0 Å². The van der Waals surface area contributed by atoms with Gasteiger partial charge in [-0.25, -0.2) is 13.2 Å². The van der Waals surface area contributed by atoms with Gasteiger partial charge in [-0.15, -0.1) is 0 Å². The third kappa shape index (κ3) is 6.43.